The molecule has 0 saturated heterocycles. The van der Waals surface area contributed by atoms with Crippen LogP contribution in [-0.4, -0.2) is 16.9 Å². The molecule has 0 spiro atoms. The van der Waals surface area contributed by atoms with Gasteiger partial charge in [-0.15, -0.1) is 0 Å². The molecule has 0 bridgehead atoms. The van der Waals surface area contributed by atoms with Crippen LogP contribution in [0.25, 0.3) is 11.3 Å². The number of methoxy groups -OCH3 is 1. The van der Waals surface area contributed by atoms with Gasteiger partial charge in [0.2, 0.25) is 0 Å². The lowest BCUT2D eigenvalue weighted by Crippen LogP contribution is -2.08. The third-order valence-electron chi connectivity index (χ3n) is 2.66. The Morgan fingerprint density at radius 2 is 1.88 bits per heavy atom. The first-order valence-corrected chi connectivity index (χ1v) is 5.58. The topological polar surface area (TPSA) is 47.0 Å². The molecule has 0 aliphatic heterocycles. The van der Waals surface area contributed by atoms with Crippen molar-refractivity contribution >= 4 is 0 Å². The van der Waals surface area contributed by atoms with Crippen LogP contribution in [0.15, 0.2) is 35.1 Å². The molecule has 4 heteroatoms. The molecule has 0 amide bonds. The molecule has 1 heterocycles. The van der Waals surface area contributed by atoms with Gasteiger partial charge in [0.15, 0.2) is 0 Å². The monoisotopic (exact) mass is 232 g/mol. The van der Waals surface area contributed by atoms with Crippen LogP contribution < -0.4 is 10.3 Å². The van der Waals surface area contributed by atoms with E-state index in [0.29, 0.717) is 0 Å². The Hall–Kier alpha value is -1.97. The van der Waals surface area contributed by atoms with E-state index < -0.39 is 0 Å². The van der Waals surface area contributed by atoms with Crippen molar-refractivity contribution in [2.75, 3.05) is 7.11 Å². The number of nitrogens with one attached hydrogen (secondary N) is 1. The van der Waals surface area contributed by atoms with E-state index >= 15 is 0 Å². The molecule has 0 fully saturated rings. The summed E-state index contributed by atoms with van der Waals surface area (Å²) in [5.41, 5.74) is 1.81. The summed E-state index contributed by atoms with van der Waals surface area (Å²) in [6, 6.07) is 9.49. The van der Waals surface area contributed by atoms with E-state index in [1.165, 1.54) is 0 Å². The highest BCUT2D eigenvalue weighted by Gasteiger charge is 2.09. The number of hydrogen-bond acceptors (Lipinski definition) is 2. The molecule has 2 rings (SSSR count). The number of aromatic amines is 1. The van der Waals surface area contributed by atoms with Crippen molar-refractivity contribution < 1.29 is 4.74 Å². The van der Waals surface area contributed by atoms with E-state index in [9.17, 15) is 4.79 Å². The zero-order chi connectivity index (χ0) is 12.4. The Morgan fingerprint density at radius 3 is 2.41 bits per heavy atom. The Kier molecular flexibility index (Phi) is 3.04. The number of rotatable bonds is 3. The van der Waals surface area contributed by atoms with Gasteiger partial charge in [0.1, 0.15) is 5.75 Å². The van der Waals surface area contributed by atoms with E-state index in [-0.39, 0.29) is 11.6 Å². The first-order chi connectivity index (χ1) is 8.11. The molecule has 2 aromatic rings. The lowest BCUT2D eigenvalue weighted by atomic mass is 10.1. The lowest BCUT2D eigenvalue weighted by Gasteiger charge is -2.12. The first kappa shape index (κ1) is 11.5. The predicted octanol–water partition coefficient (Wildman–Crippen LogP) is 2.43. The fourth-order valence-electron chi connectivity index (χ4n) is 1.80. The molecular formula is C13H16N2O2. The van der Waals surface area contributed by atoms with E-state index in [0.717, 1.165) is 17.0 Å². The minimum atomic E-state index is -0.0791. The largest absolute Gasteiger partial charge is 0.497 e. The van der Waals surface area contributed by atoms with E-state index in [1.807, 2.05) is 42.8 Å². The maximum Gasteiger partial charge on any atom is 0.264 e. The van der Waals surface area contributed by atoms with Gasteiger partial charge in [-0.2, -0.15) is 0 Å². The minimum Gasteiger partial charge on any atom is -0.497 e. The lowest BCUT2D eigenvalue weighted by molar-refractivity contribution is 0.415. The number of H-pyrrole nitrogens is 1. The third-order valence-corrected chi connectivity index (χ3v) is 2.66. The van der Waals surface area contributed by atoms with Gasteiger partial charge < -0.3 is 4.74 Å². The van der Waals surface area contributed by atoms with Crippen LogP contribution in [0.2, 0.25) is 0 Å². The number of nitrogens with zero attached hydrogens (tertiary/aromatic N) is 1. The van der Waals surface area contributed by atoms with E-state index in [2.05, 4.69) is 5.10 Å². The Morgan fingerprint density at radius 1 is 1.24 bits per heavy atom. The average Bonchev–Trinajstić information content (AvgIpc) is 2.72. The summed E-state index contributed by atoms with van der Waals surface area (Å²) in [5, 5.41) is 2.80. The summed E-state index contributed by atoms with van der Waals surface area (Å²) < 4.78 is 6.98. The molecule has 0 atom stereocenters. The van der Waals surface area contributed by atoms with Crippen LogP contribution in [0.3, 0.4) is 0 Å². The highest BCUT2D eigenvalue weighted by Crippen LogP contribution is 2.22. The summed E-state index contributed by atoms with van der Waals surface area (Å²) in [6.45, 7) is 4.06. The van der Waals surface area contributed by atoms with Crippen molar-refractivity contribution in [1.82, 2.24) is 9.78 Å². The van der Waals surface area contributed by atoms with Crippen molar-refractivity contribution in [2.24, 2.45) is 0 Å². The molecule has 4 nitrogen and oxygen atoms in total. The summed E-state index contributed by atoms with van der Waals surface area (Å²) >= 11 is 0. The number of benzene rings is 1. The summed E-state index contributed by atoms with van der Waals surface area (Å²) in [7, 11) is 1.63. The maximum absolute atomic E-state index is 11.4. The second kappa shape index (κ2) is 4.49. The second-order valence-electron chi connectivity index (χ2n) is 4.20. The van der Waals surface area contributed by atoms with Crippen LogP contribution in [0.4, 0.5) is 0 Å². The molecule has 90 valence electrons. The minimum absolute atomic E-state index is 0.0791. The third kappa shape index (κ3) is 2.25. The van der Waals surface area contributed by atoms with E-state index in [4.69, 9.17) is 4.74 Å². The van der Waals surface area contributed by atoms with Crippen LogP contribution >= 0.6 is 0 Å². The maximum atomic E-state index is 11.4. The van der Waals surface area contributed by atoms with Crippen LogP contribution in [0.1, 0.15) is 19.9 Å². The van der Waals surface area contributed by atoms with Crippen LogP contribution in [-0.2, 0) is 0 Å². The van der Waals surface area contributed by atoms with E-state index in [1.54, 1.807) is 13.2 Å². The van der Waals surface area contributed by atoms with Gasteiger partial charge in [0.25, 0.3) is 5.56 Å². The molecule has 17 heavy (non-hydrogen) atoms. The van der Waals surface area contributed by atoms with Gasteiger partial charge in [0, 0.05) is 17.7 Å². The zero-order valence-corrected chi connectivity index (χ0v) is 10.2. The van der Waals surface area contributed by atoms with Crippen molar-refractivity contribution in [3.63, 3.8) is 0 Å². The fraction of sp³-hybridized carbons (Fsp3) is 0.308. The number of aromatic nitrogens is 2. The Labute approximate surface area is 99.8 Å². The van der Waals surface area contributed by atoms with Crippen LogP contribution in [0.5, 0.6) is 5.75 Å². The zero-order valence-electron chi connectivity index (χ0n) is 10.2. The fourth-order valence-corrected chi connectivity index (χ4v) is 1.80. The summed E-state index contributed by atoms with van der Waals surface area (Å²) in [6.07, 6.45) is 0. The first-order valence-electron chi connectivity index (χ1n) is 5.58. The Balaban J connectivity index is 2.48. The van der Waals surface area contributed by atoms with Crippen molar-refractivity contribution in [3.05, 3.63) is 40.7 Å². The predicted molar refractivity (Wildman–Crippen MR) is 67.4 cm³/mol. The standard InChI is InChI=1S/C13H16N2O2/c1-9(2)15-12(8-13(16)14-15)10-4-6-11(17-3)7-5-10/h4-9H,1-3H3,(H,14,16). The molecule has 0 aliphatic rings. The molecule has 0 aliphatic carbocycles. The molecule has 0 saturated carbocycles. The van der Waals surface area contributed by atoms with Gasteiger partial charge in [-0.1, -0.05) is 0 Å². The summed E-state index contributed by atoms with van der Waals surface area (Å²) in [4.78, 5) is 11.4. The highest BCUT2D eigenvalue weighted by atomic mass is 16.5. The quantitative estimate of drug-likeness (QED) is 0.883. The SMILES string of the molecule is COc1ccc(-c2cc(=O)[nH]n2C(C)C)cc1. The van der Waals surface area contributed by atoms with Crippen molar-refractivity contribution in [1.29, 1.82) is 0 Å². The molecule has 0 unspecified atom stereocenters. The molecule has 1 aromatic carbocycles. The number of ether oxygens (including phenoxy) is 1. The van der Waals surface area contributed by atoms with Crippen molar-refractivity contribution in [3.8, 4) is 17.0 Å². The van der Waals surface area contributed by atoms with Gasteiger partial charge in [0.05, 0.1) is 12.8 Å². The summed E-state index contributed by atoms with van der Waals surface area (Å²) in [5.74, 6) is 0.808. The van der Waals surface area contributed by atoms with Gasteiger partial charge >= 0.3 is 0 Å². The smallest absolute Gasteiger partial charge is 0.264 e. The van der Waals surface area contributed by atoms with Crippen LogP contribution in [0, 0.1) is 0 Å². The van der Waals surface area contributed by atoms with Gasteiger partial charge in [-0.25, -0.2) is 0 Å². The van der Waals surface area contributed by atoms with Gasteiger partial charge in [-0.3, -0.25) is 14.6 Å². The van der Waals surface area contributed by atoms with Crippen molar-refractivity contribution in [2.45, 2.75) is 19.9 Å². The molecule has 0 radical (unpaired) electrons. The Bertz CT molecular complexity index is 550. The number of hydrogen-bond donors (Lipinski definition) is 1. The van der Waals surface area contributed by atoms with Gasteiger partial charge in [-0.05, 0) is 38.1 Å². The average molecular weight is 232 g/mol. The highest BCUT2D eigenvalue weighted by molar-refractivity contribution is 5.60. The second-order valence-corrected chi connectivity index (χ2v) is 4.20. The molecule has 1 N–H and O–H groups in total. The molecular weight excluding hydrogens is 216 g/mol. The normalized spacial score (nSPS) is 10.8. The molecule has 1 aromatic heterocycles.